The summed E-state index contributed by atoms with van der Waals surface area (Å²) in [5, 5.41) is 14.8. The Balaban J connectivity index is 1.64. The van der Waals surface area contributed by atoms with Crippen molar-refractivity contribution < 1.29 is 19.1 Å². The van der Waals surface area contributed by atoms with Gasteiger partial charge in [0, 0.05) is 11.4 Å². The van der Waals surface area contributed by atoms with Crippen LogP contribution < -0.4 is 21.1 Å². The first kappa shape index (κ1) is 24.4. The molecule has 0 aromatic heterocycles. The van der Waals surface area contributed by atoms with E-state index in [0.717, 1.165) is 16.9 Å². The van der Waals surface area contributed by atoms with Crippen LogP contribution in [0.2, 0.25) is 0 Å². The molecule has 8 heteroatoms. The zero-order valence-electron chi connectivity index (χ0n) is 19.8. The molecule has 182 valence electrons. The lowest BCUT2D eigenvalue weighted by Gasteiger charge is -2.29. The normalized spacial score (nSPS) is 14.9. The number of methoxy groups -OCH3 is 1. The second-order valence-corrected chi connectivity index (χ2v) is 8.33. The van der Waals surface area contributed by atoms with Gasteiger partial charge in [-0.1, -0.05) is 36.4 Å². The zero-order chi connectivity index (χ0) is 25.5. The monoisotopic (exact) mass is 482 g/mol. The molecule has 0 spiro atoms. The predicted molar refractivity (Wildman–Crippen MR) is 135 cm³/mol. The van der Waals surface area contributed by atoms with Gasteiger partial charge in [-0.05, 0) is 65.9 Å². The number of ether oxygens (including phenoxy) is 2. The minimum atomic E-state index is -0.731. The number of hydrogen-bond donors (Lipinski definition) is 3. The zero-order valence-corrected chi connectivity index (χ0v) is 19.8. The molecule has 4 rings (SSSR count). The van der Waals surface area contributed by atoms with Crippen LogP contribution in [-0.2, 0) is 22.6 Å². The van der Waals surface area contributed by atoms with Crippen molar-refractivity contribution in [1.29, 1.82) is 5.26 Å². The number of nitrogens with two attached hydrogens (primary N) is 1. The fourth-order valence-electron chi connectivity index (χ4n) is 4.03. The molecule has 2 amide bonds. The number of urea groups is 1. The smallest absolute Gasteiger partial charge is 0.338 e. The molecule has 1 atom stereocenters. The fourth-order valence-corrected chi connectivity index (χ4v) is 4.03. The number of rotatable bonds is 8. The lowest BCUT2D eigenvalue weighted by atomic mass is 9.92. The number of nitrogens with one attached hydrogen (secondary N) is 2. The number of nitrogens with zero attached hydrogens (tertiary/aromatic N) is 1. The van der Waals surface area contributed by atoms with Crippen LogP contribution in [0, 0.1) is 11.3 Å². The molecule has 0 radical (unpaired) electrons. The number of allylic oxidation sites excluding steroid dienone is 1. The number of anilines is 1. The molecule has 8 nitrogen and oxygen atoms in total. The number of carbonyl (C=O) groups is 2. The lowest BCUT2D eigenvalue weighted by molar-refractivity contribution is -0.140. The number of benzene rings is 3. The largest absolute Gasteiger partial charge is 0.497 e. The second-order valence-electron chi connectivity index (χ2n) is 8.33. The Kier molecular flexibility index (Phi) is 7.51. The Morgan fingerprint density at radius 3 is 2.44 bits per heavy atom. The second kappa shape index (κ2) is 11.1. The molecule has 1 unspecified atom stereocenters. The molecule has 0 aliphatic carbocycles. The third-order valence-electron chi connectivity index (χ3n) is 5.89. The summed E-state index contributed by atoms with van der Waals surface area (Å²) < 4.78 is 10.9. The van der Waals surface area contributed by atoms with E-state index in [0.29, 0.717) is 40.9 Å². The molecular formula is C28H26N4O4. The summed E-state index contributed by atoms with van der Waals surface area (Å²) >= 11 is 0. The first-order valence-electron chi connectivity index (χ1n) is 11.4. The molecule has 0 saturated heterocycles. The number of aryl methyl sites for hydroxylation is 1. The van der Waals surface area contributed by atoms with E-state index < -0.39 is 18.0 Å². The van der Waals surface area contributed by atoms with Crippen molar-refractivity contribution in [2.75, 3.05) is 12.8 Å². The highest BCUT2D eigenvalue weighted by atomic mass is 16.5. The average molecular weight is 483 g/mol. The van der Waals surface area contributed by atoms with Crippen molar-refractivity contribution in [3.63, 3.8) is 0 Å². The van der Waals surface area contributed by atoms with E-state index in [1.165, 1.54) is 0 Å². The Morgan fingerprint density at radius 2 is 1.78 bits per heavy atom. The molecule has 0 saturated carbocycles. The van der Waals surface area contributed by atoms with Gasteiger partial charge in [0.1, 0.15) is 12.4 Å². The number of hydrogen-bond acceptors (Lipinski definition) is 6. The van der Waals surface area contributed by atoms with Crippen LogP contribution in [0.1, 0.15) is 34.7 Å². The molecule has 0 bridgehead atoms. The van der Waals surface area contributed by atoms with E-state index >= 15 is 0 Å². The first-order valence-corrected chi connectivity index (χ1v) is 11.4. The molecule has 3 aromatic carbocycles. The topological polar surface area (TPSA) is 126 Å². The van der Waals surface area contributed by atoms with Crippen LogP contribution in [0.5, 0.6) is 5.75 Å². The van der Waals surface area contributed by atoms with Gasteiger partial charge < -0.3 is 25.8 Å². The Hall–Kier alpha value is -4.77. The van der Waals surface area contributed by atoms with Gasteiger partial charge in [-0.25, -0.2) is 9.59 Å². The molecule has 1 aliphatic heterocycles. The molecule has 3 aromatic rings. The van der Waals surface area contributed by atoms with E-state index in [1.807, 2.05) is 30.3 Å². The maximum atomic E-state index is 13.4. The molecule has 36 heavy (non-hydrogen) atoms. The van der Waals surface area contributed by atoms with Crippen molar-refractivity contribution in [2.24, 2.45) is 0 Å². The van der Waals surface area contributed by atoms with Gasteiger partial charge in [0.05, 0.1) is 30.4 Å². The quantitative estimate of drug-likeness (QED) is 0.327. The van der Waals surface area contributed by atoms with Gasteiger partial charge in [0.15, 0.2) is 0 Å². The summed E-state index contributed by atoms with van der Waals surface area (Å²) in [4.78, 5) is 26.0. The SMILES string of the molecule is COc1ccc(CCC2=C(C(=O)OCc3cccc(N)c3)C(c3ccc(C#N)cc3)NC(=O)N2)cc1. The van der Waals surface area contributed by atoms with Gasteiger partial charge in [0.2, 0.25) is 0 Å². The summed E-state index contributed by atoms with van der Waals surface area (Å²) in [6, 6.07) is 22.4. The van der Waals surface area contributed by atoms with Crippen molar-refractivity contribution in [1.82, 2.24) is 10.6 Å². The maximum Gasteiger partial charge on any atom is 0.338 e. The Labute approximate surface area is 209 Å². The van der Waals surface area contributed by atoms with Gasteiger partial charge in [-0.15, -0.1) is 0 Å². The molecule has 4 N–H and O–H groups in total. The highest BCUT2D eigenvalue weighted by Crippen LogP contribution is 2.30. The van der Waals surface area contributed by atoms with Crippen LogP contribution in [0.15, 0.2) is 84.1 Å². The summed E-state index contributed by atoms with van der Waals surface area (Å²) in [6.45, 7) is 0.0349. The summed E-state index contributed by atoms with van der Waals surface area (Å²) in [5.41, 5.74) is 10.2. The number of carbonyl (C=O) groups excluding carboxylic acids is 2. The molecule has 1 aliphatic rings. The number of esters is 1. The third kappa shape index (κ3) is 5.83. The minimum Gasteiger partial charge on any atom is -0.497 e. The number of nitriles is 1. The van der Waals surface area contributed by atoms with Crippen molar-refractivity contribution in [2.45, 2.75) is 25.5 Å². The third-order valence-corrected chi connectivity index (χ3v) is 5.89. The average Bonchev–Trinajstić information content (AvgIpc) is 2.90. The van der Waals surface area contributed by atoms with Gasteiger partial charge in [-0.2, -0.15) is 5.26 Å². The van der Waals surface area contributed by atoms with Crippen molar-refractivity contribution >= 4 is 17.7 Å². The molecule has 0 fully saturated rings. The highest BCUT2D eigenvalue weighted by molar-refractivity contribution is 5.95. The summed E-state index contributed by atoms with van der Waals surface area (Å²) in [6.07, 6.45) is 1.00. The molecule has 1 heterocycles. The first-order chi connectivity index (χ1) is 17.5. The van der Waals surface area contributed by atoms with E-state index in [9.17, 15) is 9.59 Å². The lowest BCUT2D eigenvalue weighted by Crippen LogP contribution is -2.46. The maximum absolute atomic E-state index is 13.4. The summed E-state index contributed by atoms with van der Waals surface area (Å²) in [7, 11) is 1.61. The predicted octanol–water partition coefficient (Wildman–Crippen LogP) is 4.13. The van der Waals surface area contributed by atoms with Crippen LogP contribution >= 0.6 is 0 Å². The van der Waals surface area contributed by atoms with Crippen LogP contribution in [-0.4, -0.2) is 19.1 Å². The highest BCUT2D eigenvalue weighted by Gasteiger charge is 2.33. The van der Waals surface area contributed by atoms with E-state index in [1.54, 1.807) is 49.6 Å². The number of nitrogen functional groups attached to an aromatic ring is 1. The van der Waals surface area contributed by atoms with E-state index in [2.05, 4.69) is 16.7 Å². The van der Waals surface area contributed by atoms with E-state index in [-0.39, 0.29) is 6.61 Å². The van der Waals surface area contributed by atoms with Gasteiger partial charge in [0.25, 0.3) is 0 Å². The standard InChI is InChI=1S/C28H26N4O4/c1-35-23-12-7-18(8-13-23)9-14-24-25(27(33)36-17-20-3-2-4-22(30)15-20)26(32-28(34)31-24)21-10-5-19(16-29)6-11-21/h2-8,10-13,15,26H,9,14,17,30H2,1H3,(H2,31,32,34). The molecular weight excluding hydrogens is 456 g/mol. The fraction of sp³-hybridized carbons (Fsp3) is 0.179. The Morgan fingerprint density at radius 1 is 1.03 bits per heavy atom. The minimum absolute atomic E-state index is 0.0349. The van der Waals surface area contributed by atoms with Crippen molar-refractivity contribution in [3.8, 4) is 11.8 Å². The van der Waals surface area contributed by atoms with Crippen LogP contribution in [0.25, 0.3) is 0 Å². The van der Waals surface area contributed by atoms with Gasteiger partial charge >= 0.3 is 12.0 Å². The number of amides is 2. The van der Waals surface area contributed by atoms with Crippen molar-refractivity contribution in [3.05, 3.63) is 106 Å². The van der Waals surface area contributed by atoms with Crippen LogP contribution in [0.4, 0.5) is 10.5 Å². The van der Waals surface area contributed by atoms with E-state index in [4.69, 9.17) is 20.5 Å². The van der Waals surface area contributed by atoms with Crippen LogP contribution in [0.3, 0.4) is 0 Å². The Bertz CT molecular complexity index is 1320. The summed E-state index contributed by atoms with van der Waals surface area (Å²) in [5.74, 6) is 0.198. The van der Waals surface area contributed by atoms with Gasteiger partial charge in [-0.3, -0.25) is 0 Å².